The van der Waals surface area contributed by atoms with E-state index in [0.29, 0.717) is 18.0 Å². The Labute approximate surface area is 146 Å². The van der Waals surface area contributed by atoms with Crippen LogP contribution in [0.4, 0.5) is 5.82 Å². The highest BCUT2D eigenvalue weighted by Crippen LogP contribution is 2.33. The van der Waals surface area contributed by atoms with E-state index in [9.17, 15) is 4.79 Å². The van der Waals surface area contributed by atoms with Gasteiger partial charge < -0.3 is 20.3 Å². The van der Waals surface area contributed by atoms with Gasteiger partial charge in [-0.15, -0.1) is 11.3 Å². The Morgan fingerprint density at radius 1 is 1.33 bits per heavy atom. The molecule has 0 saturated heterocycles. The lowest BCUT2D eigenvalue weighted by molar-refractivity contribution is 0.0940. The monoisotopic (exact) mass is 351 g/mol. The van der Waals surface area contributed by atoms with Gasteiger partial charge in [0, 0.05) is 20.2 Å². The summed E-state index contributed by atoms with van der Waals surface area (Å²) in [5.74, 6) is 0.703. The lowest BCUT2D eigenvalue weighted by Gasteiger charge is -2.10. The number of aromatic nitrogens is 2. The number of anilines is 1. The molecule has 0 bridgehead atoms. The minimum atomic E-state index is -0.0916. The number of nitrogens with zero attached hydrogens (tertiary/aromatic N) is 3. The van der Waals surface area contributed by atoms with Crippen molar-refractivity contribution in [2.75, 3.05) is 52.8 Å². The van der Waals surface area contributed by atoms with Crippen molar-refractivity contribution in [3.63, 3.8) is 0 Å². The number of hydrogen-bond donors (Lipinski definition) is 2. The highest BCUT2D eigenvalue weighted by molar-refractivity contribution is 7.20. The summed E-state index contributed by atoms with van der Waals surface area (Å²) < 4.78 is 4.96. The van der Waals surface area contributed by atoms with Gasteiger partial charge in [-0.2, -0.15) is 0 Å². The maximum Gasteiger partial charge on any atom is 0.261 e. The second kappa shape index (κ2) is 8.91. The van der Waals surface area contributed by atoms with Gasteiger partial charge in [-0.25, -0.2) is 9.97 Å². The van der Waals surface area contributed by atoms with Gasteiger partial charge in [-0.3, -0.25) is 4.79 Å². The van der Waals surface area contributed by atoms with Crippen LogP contribution in [0.2, 0.25) is 0 Å². The van der Waals surface area contributed by atoms with Crippen molar-refractivity contribution in [2.45, 2.75) is 13.3 Å². The first-order chi connectivity index (χ1) is 11.5. The molecule has 0 fully saturated rings. The van der Waals surface area contributed by atoms with Gasteiger partial charge in [0.1, 0.15) is 17.0 Å². The quantitative estimate of drug-likeness (QED) is 0.670. The standard InChI is InChI=1S/C16H25N5O2S/c1-11-12-14(17-6-5-8-21(2)3)19-10-20-16(12)24-13(11)15(22)18-7-9-23-4/h10H,5-9H2,1-4H3,(H,18,22)(H,17,19,20). The third-order valence-electron chi connectivity index (χ3n) is 3.60. The fourth-order valence-electron chi connectivity index (χ4n) is 2.37. The summed E-state index contributed by atoms with van der Waals surface area (Å²) in [6.45, 7) is 4.77. The molecule has 132 valence electrons. The number of thiophene rings is 1. The number of carbonyl (C=O) groups is 1. The van der Waals surface area contributed by atoms with Crippen LogP contribution in [0.25, 0.3) is 10.2 Å². The summed E-state index contributed by atoms with van der Waals surface area (Å²) in [6.07, 6.45) is 2.56. The molecule has 0 aromatic carbocycles. The first kappa shape index (κ1) is 18.6. The molecule has 0 spiro atoms. The van der Waals surface area contributed by atoms with E-state index < -0.39 is 0 Å². The number of nitrogens with one attached hydrogen (secondary N) is 2. The van der Waals surface area contributed by atoms with Crippen LogP contribution in [-0.2, 0) is 4.74 Å². The van der Waals surface area contributed by atoms with Crippen molar-refractivity contribution in [3.05, 3.63) is 16.8 Å². The smallest absolute Gasteiger partial charge is 0.261 e. The maximum atomic E-state index is 12.3. The predicted molar refractivity (Wildman–Crippen MR) is 98.0 cm³/mol. The third-order valence-corrected chi connectivity index (χ3v) is 4.80. The average molecular weight is 351 g/mol. The first-order valence-electron chi connectivity index (χ1n) is 7.94. The number of fused-ring (bicyclic) bond motifs is 1. The molecule has 7 nitrogen and oxygen atoms in total. The van der Waals surface area contributed by atoms with Crippen molar-refractivity contribution < 1.29 is 9.53 Å². The average Bonchev–Trinajstić information content (AvgIpc) is 2.89. The highest BCUT2D eigenvalue weighted by Gasteiger charge is 2.18. The summed E-state index contributed by atoms with van der Waals surface area (Å²) in [6, 6.07) is 0. The fourth-order valence-corrected chi connectivity index (χ4v) is 3.44. The first-order valence-corrected chi connectivity index (χ1v) is 8.76. The molecule has 2 heterocycles. The maximum absolute atomic E-state index is 12.3. The van der Waals surface area contributed by atoms with Gasteiger partial charge >= 0.3 is 0 Å². The van der Waals surface area contributed by atoms with Crippen LogP contribution in [0, 0.1) is 6.92 Å². The molecule has 2 aromatic heterocycles. The molecular formula is C16H25N5O2S. The lowest BCUT2D eigenvalue weighted by atomic mass is 10.2. The molecule has 0 atom stereocenters. The summed E-state index contributed by atoms with van der Waals surface area (Å²) in [5, 5.41) is 7.16. The second-order valence-corrected chi connectivity index (χ2v) is 6.79. The van der Waals surface area contributed by atoms with Crippen LogP contribution in [0.1, 0.15) is 21.7 Å². The Morgan fingerprint density at radius 3 is 2.83 bits per heavy atom. The molecule has 2 N–H and O–H groups in total. The van der Waals surface area contributed by atoms with E-state index in [1.165, 1.54) is 11.3 Å². The van der Waals surface area contributed by atoms with Crippen molar-refractivity contribution >= 4 is 33.3 Å². The summed E-state index contributed by atoms with van der Waals surface area (Å²) in [5.41, 5.74) is 0.917. The van der Waals surface area contributed by atoms with Crippen LogP contribution in [0.3, 0.4) is 0 Å². The van der Waals surface area contributed by atoms with Crippen LogP contribution < -0.4 is 10.6 Å². The molecule has 2 aromatic rings. The zero-order valence-corrected chi connectivity index (χ0v) is 15.5. The number of aryl methyl sites for hydroxylation is 1. The molecule has 0 aliphatic heterocycles. The number of amides is 1. The Hall–Kier alpha value is -1.77. The number of hydrogen-bond acceptors (Lipinski definition) is 7. The Morgan fingerprint density at radius 2 is 2.12 bits per heavy atom. The van der Waals surface area contributed by atoms with Gasteiger partial charge in [-0.1, -0.05) is 0 Å². The predicted octanol–water partition coefficient (Wildman–Crippen LogP) is 1.74. The molecule has 0 aliphatic carbocycles. The third kappa shape index (κ3) is 4.62. The van der Waals surface area contributed by atoms with Crippen molar-refractivity contribution in [2.24, 2.45) is 0 Å². The summed E-state index contributed by atoms with van der Waals surface area (Å²) in [7, 11) is 5.72. The number of methoxy groups -OCH3 is 1. The highest BCUT2D eigenvalue weighted by atomic mass is 32.1. The van der Waals surface area contributed by atoms with E-state index >= 15 is 0 Å². The molecule has 0 aliphatic rings. The van der Waals surface area contributed by atoms with Crippen LogP contribution in [0.5, 0.6) is 0 Å². The Bertz CT molecular complexity index is 686. The fraction of sp³-hybridized carbons (Fsp3) is 0.562. The minimum absolute atomic E-state index is 0.0916. The van der Waals surface area contributed by atoms with E-state index in [1.54, 1.807) is 13.4 Å². The number of ether oxygens (including phenoxy) is 1. The second-order valence-electron chi connectivity index (χ2n) is 5.79. The molecule has 8 heteroatoms. The summed E-state index contributed by atoms with van der Waals surface area (Å²) >= 11 is 1.40. The van der Waals surface area contributed by atoms with E-state index in [1.807, 2.05) is 6.92 Å². The van der Waals surface area contributed by atoms with Gasteiger partial charge in [0.25, 0.3) is 5.91 Å². The molecular weight excluding hydrogens is 326 g/mol. The molecule has 1 amide bonds. The van der Waals surface area contributed by atoms with Crippen LogP contribution in [-0.4, -0.2) is 68.2 Å². The van der Waals surface area contributed by atoms with Crippen molar-refractivity contribution in [3.8, 4) is 0 Å². The minimum Gasteiger partial charge on any atom is -0.383 e. The Kier molecular flexibility index (Phi) is 6.89. The zero-order valence-electron chi connectivity index (χ0n) is 14.7. The van der Waals surface area contributed by atoms with Gasteiger partial charge in [0.15, 0.2) is 0 Å². The Balaban J connectivity index is 2.15. The van der Waals surface area contributed by atoms with Gasteiger partial charge in [-0.05, 0) is 39.5 Å². The van der Waals surface area contributed by atoms with Crippen molar-refractivity contribution in [1.82, 2.24) is 20.2 Å². The molecule has 24 heavy (non-hydrogen) atoms. The number of rotatable bonds is 9. The normalized spacial score (nSPS) is 11.2. The van der Waals surface area contributed by atoms with Crippen LogP contribution in [0.15, 0.2) is 6.33 Å². The van der Waals surface area contributed by atoms with E-state index in [4.69, 9.17) is 4.74 Å². The SMILES string of the molecule is COCCNC(=O)c1sc2ncnc(NCCCN(C)C)c2c1C. The summed E-state index contributed by atoms with van der Waals surface area (Å²) in [4.78, 5) is 24.6. The van der Waals surface area contributed by atoms with E-state index in [0.717, 1.165) is 41.1 Å². The van der Waals surface area contributed by atoms with Gasteiger partial charge in [0.05, 0.1) is 16.9 Å². The molecule has 0 radical (unpaired) electrons. The van der Waals surface area contributed by atoms with E-state index in [2.05, 4.69) is 39.6 Å². The molecule has 0 saturated carbocycles. The van der Waals surface area contributed by atoms with E-state index in [-0.39, 0.29) is 5.91 Å². The van der Waals surface area contributed by atoms with Crippen molar-refractivity contribution in [1.29, 1.82) is 0 Å². The molecule has 0 unspecified atom stereocenters. The topological polar surface area (TPSA) is 79.4 Å². The lowest BCUT2D eigenvalue weighted by Crippen LogP contribution is -2.26. The molecule has 2 rings (SSSR count). The number of carbonyl (C=O) groups excluding carboxylic acids is 1. The zero-order chi connectivity index (χ0) is 17.5. The van der Waals surface area contributed by atoms with Crippen LogP contribution >= 0.6 is 11.3 Å². The largest absolute Gasteiger partial charge is 0.383 e. The van der Waals surface area contributed by atoms with Gasteiger partial charge in [0.2, 0.25) is 0 Å².